The van der Waals surface area contributed by atoms with E-state index in [0.717, 1.165) is 5.56 Å². The molecule has 4 rings (SSSR count). The number of benzene rings is 1. The van der Waals surface area contributed by atoms with E-state index in [1.54, 1.807) is 17.9 Å². The predicted octanol–water partition coefficient (Wildman–Crippen LogP) is 1.82. The van der Waals surface area contributed by atoms with E-state index in [-0.39, 0.29) is 17.4 Å². The molecular weight excluding hydrogens is 394 g/mol. The highest BCUT2D eigenvalue weighted by molar-refractivity contribution is 5.79. The maximum Gasteiger partial charge on any atom is 0.295 e. The van der Waals surface area contributed by atoms with Crippen molar-refractivity contribution in [2.75, 3.05) is 38.3 Å². The Hall–Kier alpha value is -3.26. The number of carbonyl (C=O) groups is 1. The Morgan fingerprint density at radius 2 is 1.94 bits per heavy atom. The van der Waals surface area contributed by atoms with Crippen molar-refractivity contribution in [3.05, 3.63) is 64.6 Å². The number of carbonyl (C=O) groups excluding carboxylic acids is 1. The maximum absolute atomic E-state index is 13.4. The zero-order chi connectivity index (χ0) is 21.6. The topological polar surface area (TPSA) is 89.3 Å². The molecule has 31 heavy (non-hydrogen) atoms. The van der Waals surface area contributed by atoms with E-state index in [4.69, 9.17) is 4.74 Å². The van der Waals surface area contributed by atoms with E-state index in [0.29, 0.717) is 62.6 Å². The van der Waals surface area contributed by atoms with E-state index < -0.39 is 0 Å². The van der Waals surface area contributed by atoms with Gasteiger partial charge in [-0.15, -0.1) is 0 Å². The lowest BCUT2D eigenvalue weighted by Gasteiger charge is -2.32. The van der Waals surface area contributed by atoms with Gasteiger partial charge in [0.15, 0.2) is 11.5 Å². The van der Waals surface area contributed by atoms with Crippen molar-refractivity contribution in [2.24, 2.45) is 5.92 Å². The molecule has 0 unspecified atom stereocenters. The number of aromatic nitrogens is 3. The predicted molar refractivity (Wildman–Crippen MR) is 119 cm³/mol. The van der Waals surface area contributed by atoms with Gasteiger partial charge in [-0.25, -0.2) is 9.97 Å². The number of nitrogens with zero attached hydrogens (tertiary/aromatic N) is 4. The standard InChI is InChI=1S/C23H27N5O3/c1-31-15-12-25-22(29)18-9-13-27(14-10-18)21-23(30)28(16-17-6-3-2-4-7-17)20-19(26-21)8-5-11-24-20/h2-8,11,18H,9-10,12-16H2,1H3,(H,25,29). The SMILES string of the molecule is COCCNC(=O)C1CCN(c2nc3cccnc3n(Cc3ccccc3)c2=O)CC1. The van der Waals surface area contributed by atoms with Gasteiger partial charge in [0.2, 0.25) is 5.91 Å². The number of piperidine rings is 1. The molecular formula is C23H27N5O3. The molecule has 0 spiro atoms. The number of hydrogen-bond acceptors (Lipinski definition) is 6. The van der Waals surface area contributed by atoms with Gasteiger partial charge < -0.3 is 15.0 Å². The molecule has 8 nitrogen and oxygen atoms in total. The van der Waals surface area contributed by atoms with E-state index in [2.05, 4.69) is 15.3 Å². The summed E-state index contributed by atoms with van der Waals surface area (Å²) in [5.41, 5.74) is 2.14. The molecule has 1 aliphatic heterocycles. The van der Waals surface area contributed by atoms with Crippen LogP contribution in [0.1, 0.15) is 18.4 Å². The van der Waals surface area contributed by atoms with Crippen molar-refractivity contribution in [3.63, 3.8) is 0 Å². The minimum absolute atomic E-state index is 0.0499. The van der Waals surface area contributed by atoms with Crippen LogP contribution in [0.25, 0.3) is 11.2 Å². The van der Waals surface area contributed by atoms with Crippen LogP contribution in [0.5, 0.6) is 0 Å². The molecule has 0 radical (unpaired) electrons. The highest BCUT2D eigenvalue weighted by atomic mass is 16.5. The smallest absolute Gasteiger partial charge is 0.295 e. The lowest BCUT2D eigenvalue weighted by molar-refractivity contribution is -0.125. The number of rotatable bonds is 7. The molecule has 8 heteroatoms. The summed E-state index contributed by atoms with van der Waals surface area (Å²) in [4.78, 5) is 36.8. The van der Waals surface area contributed by atoms with Crippen LogP contribution in [0.15, 0.2) is 53.5 Å². The van der Waals surface area contributed by atoms with E-state index in [9.17, 15) is 9.59 Å². The molecule has 1 aromatic carbocycles. The molecule has 1 amide bonds. The fourth-order valence-electron chi connectivity index (χ4n) is 3.96. The third-order valence-electron chi connectivity index (χ3n) is 5.64. The second-order valence-electron chi connectivity index (χ2n) is 7.70. The van der Waals surface area contributed by atoms with Crippen LogP contribution in [-0.4, -0.2) is 53.8 Å². The number of hydrogen-bond donors (Lipinski definition) is 1. The molecule has 1 fully saturated rings. The number of nitrogens with one attached hydrogen (secondary N) is 1. The molecule has 0 aliphatic carbocycles. The second kappa shape index (κ2) is 9.70. The molecule has 162 valence electrons. The molecule has 3 heterocycles. The highest BCUT2D eigenvalue weighted by Gasteiger charge is 2.27. The molecule has 1 N–H and O–H groups in total. The summed E-state index contributed by atoms with van der Waals surface area (Å²) in [6.45, 7) is 2.67. The van der Waals surface area contributed by atoms with Crippen molar-refractivity contribution in [1.29, 1.82) is 0 Å². The molecule has 1 aliphatic rings. The molecule has 0 atom stereocenters. The normalized spacial score (nSPS) is 14.7. The summed E-state index contributed by atoms with van der Waals surface area (Å²) in [5, 5.41) is 2.91. The van der Waals surface area contributed by atoms with Gasteiger partial charge in [-0.05, 0) is 30.5 Å². The molecule has 2 aromatic heterocycles. The number of ether oxygens (including phenoxy) is 1. The molecule has 0 bridgehead atoms. The average molecular weight is 422 g/mol. The summed E-state index contributed by atoms with van der Waals surface area (Å²) < 4.78 is 6.67. The Kier molecular flexibility index (Phi) is 6.57. The van der Waals surface area contributed by atoms with Gasteiger partial charge in [0.25, 0.3) is 5.56 Å². The Bertz CT molecular complexity index is 1090. The first-order valence-electron chi connectivity index (χ1n) is 10.6. The Labute approximate surface area is 180 Å². The number of amides is 1. The third kappa shape index (κ3) is 4.74. The molecule has 0 saturated carbocycles. The van der Waals surface area contributed by atoms with Crippen molar-refractivity contribution < 1.29 is 9.53 Å². The fourth-order valence-corrected chi connectivity index (χ4v) is 3.96. The van der Waals surface area contributed by atoms with Gasteiger partial charge >= 0.3 is 0 Å². The highest BCUT2D eigenvalue weighted by Crippen LogP contribution is 2.22. The van der Waals surface area contributed by atoms with Gasteiger partial charge in [0, 0.05) is 38.9 Å². The van der Waals surface area contributed by atoms with Crippen molar-refractivity contribution in [1.82, 2.24) is 19.9 Å². The minimum atomic E-state index is -0.155. The van der Waals surface area contributed by atoms with Crippen molar-refractivity contribution in [2.45, 2.75) is 19.4 Å². The summed E-state index contributed by atoms with van der Waals surface area (Å²) in [6, 6.07) is 13.6. The Balaban J connectivity index is 1.57. The van der Waals surface area contributed by atoms with Crippen LogP contribution in [0.3, 0.4) is 0 Å². The fraction of sp³-hybridized carbons (Fsp3) is 0.391. The summed E-state index contributed by atoms with van der Waals surface area (Å²) in [7, 11) is 1.61. The van der Waals surface area contributed by atoms with Crippen molar-refractivity contribution in [3.8, 4) is 0 Å². The van der Waals surface area contributed by atoms with Gasteiger partial charge in [0.05, 0.1) is 13.2 Å². The van der Waals surface area contributed by atoms with Crippen LogP contribution in [0.2, 0.25) is 0 Å². The van der Waals surface area contributed by atoms with Crippen LogP contribution in [0.4, 0.5) is 5.82 Å². The molecule has 3 aromatic rings. The minimum Gasteiger partial charge on any atom is -0.383 e. The van der Waals surface area contributed by atoms with Crippen molar-refractivity contribution >= 4 is 22.9 Å². The van der Waals surface area contributed by atoms with Crippen LogP contribution in [0, 0.1) is 5.92 Å². The first-order valence-corrected chi connectivity index (χ1v) is 10.6. The average Bonchev–Trinajstić information content (AvgIpc) is 2.81. The lowest BCUT2D eigenvalue weighted by Crippen LogP contribution is -2.43. The number of anilines is 1. The Morgan fingerprint density at radius 1 is 1.16 bits per heavy atom. The van der Waals surface area contributed by atoms with Crippen LogP contribution >= 0.6 is 0 Å². The molecule has 1 saturated heterocycles. The summed E-state index contributed by atoms with van der Waals surface area (Å²) >= 11 is 0. The second-order valence-corrected chi connectivity index (χ2v) is 7.70. The number of fused-ring (bicyclic) bond motifs is 1. The first kappa shape index (κ1) is 21.0. The quantitative estimate of drug-likeness (QED) is 0.586. The number of pyridine rings is 1. The maximum atomic E-state index is 13.4. The van der Waals surface area contributed by atoms with Crippen LogP contribution < -0.4 is 15.8 Å². The zero-order valence-electron chi connectivity index (χ0n) is 17.7. The lowest BCUT2D eigenvalue weighted by atomic mass is 9.96. The van der Waals surface area contributed by atoms with Gasteiger partial charge in [-0.2, -0.15) is 0 Å². The summed E-state index contributed by atoms with van der Waals surface area (Å²) in [5.74, 6) is 0.422. The Morgan fingerprint density at radius 3 is 2.68 bits per heavy atom. The van der Waals surface area contributed by atoms with Gasteiger partial charge in [-0.3, -0.25) is 14.2 Å². The van der Waals surface area contributed by atoms with E-state index in [1.807, 2.05) is 47.4 Å². The van der Waals surface area contributed by atoms with E-state index >= 15 is 0 Å². The van der Waals surface area contributed by atoms with E-state index in [1.165, 1.54) is 0 Å². The van der Waals surface area contributed by atoms with Gasteiger partial charge in [0.1, 0.15) is 5.52 Å². The van der Waals surface area contributed by atoms with Gasteiger partial charge in [-0.1, -0.05) is 30.3 Å². The monoisotopic (exact) mass is 421 g/mol. The third-order valence-corrected chi connectivity index (χ3v) is 5.64. The first-order chi connectivity index (χ1) is 15.2. The largest absolute Gasteiger partial charge is 0.383 e. The van der Waals surface area contributed by atoms with Crippen LogP contribution in [-0.2, 0) is 16.1 Å². The number of methoxy groups -OCH3 is 1. The summed E-state index contributed by atoms with van der Waals surface area (Å²) in [6.07, 6.45) is 3.05. The zero-order valence-corrected chi connectivity index (χ0v) is 17.7.